The molecular weight excluding hydrogens is 381 g/mol. The van der Waals surface area contributed by atoms with E-state index < -0.39 is 11.5 Å². The maximum atomic E-state index is 14.4. The molecule has 1 aromatic heterocycles. The number of guanidine groups is 1. The zero-order valence-electron chi connectivity index (χ0n) is 16.2. The Morgan fingerprint density at radius 3 is 2.67 bits per heavy atom. The molecule has 7 heteroatoms. The molecule has 30 heavy (non-hydrogen) atoms. The lowest BCUT2D eigenvalue weighted by Crippen LogP contribution is -2.46. The van der Waals surface area contributed by atoms with E-state index in [-0.39, 0.29) is 5.75 Å². The molecule has 2 aliphatic rings. The predicted octanol–water partition coefficient (Wildman–Crippen LogP) is 3.27. The highest BCUT2D eigenvalue weighted by molar-refractivity contribution is 6.12. The van der Waals surface area contributed by atoms with Gasteiger partial charge in [-0.2, -0.15) is 4.39 Å². The Labute approximate surface area is 173 Å². The summed E-state index contributed by atoms with van der Waals surface area (Å²) >= 11 is 0. The SMILES string of the molecule is NC1=NC(c2ccc(O)cc2)(c2cccc(-c3cccnc3F)c2)C2=NCCCN12. The standard InChI is InChI=1S/C23H20FN5O/c24-20-19(6-2-11-26-20)15-4-1-5-17(14-15)23(16-7-9-18(30)10-8-16)21-27-12-3-13-29(21)22(25)28-23/h1-2,4-11,14,30H,3,12-13H2,(H2,25,28). The van der Waals surface area contributed by atoms with Gasteiger partial charge < -0.3 is 10.8 Å². The fourth-order valence-corrected chi connectivity index (χ4v) is 4.19. The molecule has 5 rings (SSSR count). The molecule has 0 saturated carbocycles. The molecule has 2 aliphatic heterocycles. The minimum atomic E-state index is -0.965. The summed E-state index contributed by atoms with van der Waals surface area (Å²) in [6.45, 7) is 1.43. The molecule has 1 unspecified atom stereocenters. The average Bonchev–Trinajstić information content (AvgIpc) is 3.08. The van der Waals surface area contributed by atoms with E-state index in [4.69, 9.17) is 15.7 Å². The first kappa shape index (κ1) is 18.3. The van der Waals surface area contributed by atoms with Crippen molar-refractivity contribution in [2.45, 2.75) is 12.0 Å². The molecule has 0 aliphatic carbocycles. The molecule has 2 aromatic carbocycles. The Balaban J connectivity index is 1.75. The van der Waals surface area contributed by atoms with Crippen LogP contribution in [0, 0.1) is 5.95 Å². The third-order valence-corrected chi connectivity index (χ3v) is 5.58. The van der Waals surface area contributed by atoms with E-state index in [1.807, 2.05) is 41.3 Å². The second-order valence-corrected chi connectivity index (χ2v) is 7.36. The number of amidine groups is 1. The fourth-order valence-electron chi connectivity index (χ4n) is 4.19. The summed E-state index contributed by atoms with van der Waals surface area (Å²) in [7, 11) is 0. The van der Waals surface area contributed by atoms with E-state index in [0.717, 1.165) is 29.9 Å². The Morgan fingerprint density at radius 2 is 1.87 bits per heavy atom. The molecule has 0 amide bonds. The zero-order chi connectivity index (χ0) is 20.7. The van der Waals surface area contributed by atoms with Crippen LogP contribution in [-0.4, -0.2) is 39.9 Å². The number of halogens is 1. The van der Waals surface area contributed by atoms with Gasteiger partial charge in [-0.1, -0.05) is 30.3 Å². The van der Waals surface area contributed by atoms with Gasteiger partial charge in [-0.05, 0) is 53.4 Å². The van der Waals surface area contributed by atoms with Crippen LogP contribution in [0.3, 0.4) is 0 Å². The monoisotopic (exact) mass is 401 g/mol. The quantitative estimate of drug-likeness (QED) is 0.660. The summed E-state index contributed by atoms with van der Waals surface area (Å²) in [6.07, 6.45) is 2.32. The van der Waals surface area contributed by atoms with Crippen molar-refractivity contribution in [1.29, 1.82) is 0 Å². The number of hydrogen-bond donors (Lipinski definition) is 2. The molecule has 150 valence electrons. The minimum absolute atomic E-state index is 0.164. The van der Waals surface area contributed by atoms with Crippen LogP contribution in [-0.2, 0) is 5.54 Å². The first-order chi connectivity index (χ1) is 14.6. The van der Waals surface area contributed by atoms with Crippen LogP contribution >= 0.6 is 0 Å². The minimum Gasteiger partial charge on any atom is -0.508 e. The van der Waals surface area contributed by atoms with Gasteiger partial charge >= 0.3 is 0 Å². The lowest BCUT2D eigenvalue weighted by atomic mass is 9.81. The Morgan fingerprint density at radius 1 is 1.03 bits per heavy atom. The lowest BCUT2D eigenvalue weighted by molar-refractivity contribution is 0.474. The molecule has 3 N–H and O–H groups in total. The molecule has 0 spiro atoms. The van der Waals surface area contributed by atoms with Gasteiger partial charge in [-0.3, -0.25) is 9.89 Å². The van der Waals surface area contributed by atoms with E-state index in [9.17, 15) is 9.50 Å². The van der Waals surface area contributed by atoms with Gasteiger partial charge in [0.15, 0.2) is 11.5 Å². The largest absolute Gasteiger partial charge is 0.508 e. The number of aromatic nitrogens is 1. The highest BCUT2D eigenvalue weighted by atomic mass is 19.1. The average molecular weight is 401 g/mol. The number of benzene rings is 2. The van der Waals surface area contributed by atoms with Crippen molar-refractivity contribution in [2.75, 3.05) is 13.1 Å². The Kier molecular flexibility index (Phi) is 4.24. The third kappa shape index (κ3) is 2.74. The van der Waals surface area contributed by atoms with Crippen molar-refractivity contribution in [3.63, 3.8) is 0 Å². The highest BCUT2D eigenvalue weighted by Crippen LogP contribution is 2.42. The van der Waals surface area contributed by atoms with E-state index in [2.05, 4.69) is 4.98 Å². The fraction of sp³-hybridized carbons (Fsp3) is 0.174. The normalized spacial score (nSPS) is 20.5. The number of nitrogens with zero attached hydrogens (tertiary/aromatic N) is 4. The summed E-state index contributed by atoms with van der Waals surface area (Å²) in [4.78, 5) is 15.4. The molecule has 3 heterocycles. The molecule has 0 saturated heterocycles. The summed E-state index contributed by atoms with van der Waals surface area (Å²) in [5.74, 6) is 0.789. The van der Waals surface area contributed by atoms with Crippen molar-refractivity contribution >= 4 is 11.8 Å². The van der Waals surface area contributed by atoms with Gasteiger partial charge in [-0.25, -0.2) is 9.98 Å². The summed E-state index contributed by atoms with van der Waals surface area (Å²) in [5, 5.41) is 9.81. The summed E-state index contributed by atoms with van der Waals surface area (Å²) in [6, 6.07) is 17.9. The number of hydrogen-bond acceptors (Lipinski definition) is 6. The molecule has 1 atom stereocenters. The number of fused-ring (bicyclic) bond motifs is 1. The van der Waals surface area contributed by atoms with Gasteiger partial charge in [0.2, 0.25) is 5.95 Å². The topological polar surface area (TPSA) is 87.1 Å². The van der Waals surface area contributed by atoms with Gasteiger partial charge in [0.05, 0.1) is 0 Å². The first-order valence-corrected chi connectivity index (χ1v) is 9.78. The number of pyridine rings is 1. The molecule has 0 fully saturated rings. The smallest absolute Gasteiger partial charge is 0.220 e. The lowest BCUT2D eigenvalue weighted by Gasteiger charge is -2.33. The number of phenols is 1. The Hall–Kier alpha value is -3.74. The maximum Gasteiger partial charge on any atom is 0.220 e. The van der Waals surface area contributed by atoms with Crippen molar-refractivity contribution in [2.24, 2.45) is 15.7 Å². The van der Waals surface area contributed by atoms with Crippen molar-refractivity contribution in [3.05, 3.63) is 83.9 Å². The van der Waals surface area contributed by atoms with Crippen molar-refractivity contribution < 1.29 is 9.50 Å². The van der Waals surface area contributed by atoms with E-state index in [1.165, 1.54) is 6.20 Å². The number of phenolic OH excluding ortho intramolecular Hbond substituents is 1. The van der Waals surface area contributed by atoms with Gasteiger partial charge in [0.1, 0.15) is 11.6 Å². The van der Waals surface area contributed by atoms with E-state index in [1.54, 1.807) is 24.3 Å². The highest BCUT2D eigenvalue weighted by Gasteiger charge is 2.49. The van der Waals surface area contributed by atoms with Crippen molar-refractivity contribution in [1.82, 2.24) is 9.88 Å². The zero-order valence-corrected chi connectivity index (χ0v) is 16.2. The molecule has 6 nitrogen and oxygen atoms in total. The van der Waals surface area contributed by atoms with Crippen molar-refractivity contribution in [3.8, 4) is 16.9 Å². The number of nitrogens with two attached hydrogens (primary N) is 1. The Bertz CT molecular complexity index is 1170. The van der Waals surface area contributed by atoms with Crippen LogP contribution in [0.15, 0.2) is 76.8 Å². The van der Waals surface area contributed by atoms with Gasteiger partial charge in [0, 0.05) is 24.8 Å². The van der Waals surface area contributed by atoms with E-state index >= 15 is 0 Å². The molecule has 3 aromatic rings. The van der Waals surface area contributed by atoms with Crippen LogP contribution < -0.4 is 5.73 Å². The predicted molar refractivity (Wildman–Crippen MR) is 114 cm³/mol. The van der Waals surface area contributed by atoms with E-state index in [0.29, 0.717) is 23.6 Å². The van der Waals surface area contributed by atoms with Crippen LogP contribution in [0.25, 0.3) is 11.1 Å². The van der Waals surface area contributed by atoms with Crippen LogP contribution in [0.4, 0.5) is 4.39 Å². The third-order valence-electron chi connectivity index (χ3n) is 5.58. The second kappa shape index (κ2) is 6.95. The summed E-state index contributed by atoms with van der Waals surface area (Å²) in [5.41, 5.74) is 8.11. The molecule has 0 radical (unpaired) electrons. The van der Waals surface area contributed by atoms with Gasteiger partial charge in [-0.15, -0.1) is 0 Å². The first-order valence-electron chi connectivity index (χ1n) is 9.78. The van der Waals surface area contributed by atoms with Crippen LogP contribution in [0.5, 0.6) is 5.75 Å². The van der Waals surface area contributed by atoms with Crippen LogP contribution in [0.1, 0.15) is 17.5 Å². The van der Waals surface area contributed by atoms with Crippen LogP contribution in [0.2, 0.25) is 0 Å². The number of aliphatic imine (C=N–C) groups is 2. The molecular formula is C23H20FN5O. The summed E-state index contributed by atoms with van der Waals surface area (Å²) < 4.78 is 14.4. The molecule has 0 bridgehead atoms. The van der Waals surface area contributed by atoms with Gasteiger partial charge in [0.25, 0.3) is 0 Å². The number of aromatic hydroxyl groups is 1. The second-order valence-electron chi connectivity index (χ2n) is 7.36. The maximum absolute atomic E-state index is 14.4. The number of rotatable bonds is 3.